The van der Waals surface area contributed by atoms with Crippen LogP contribution in [0.15, 0.2) is 83.8 Å². The molecule has 0 aliphatic carbocycles. The summed E-state index contributed by atoms with van der Waals surface area (Å²) >= 11 is 6.44. The van der Waals surface area contributed by atoms with E-state index in [1.54, 1.807) is 42.5 Å². The van der Waals surface area contributed by atoms with E-state index < -0.39 is 17.9 Å². The van der Waals surface area contributed by atoms with E-state index in [9.17, 15) is 19.1 Å². The number of aliphatic carboxylic acids is 1. The summed E-state index contributed by atoms with van der Waals surface area (Å²) in [5, 5.41) is 9.77. The van der Waals surface area contributed by atoms with Crippen LogP contribution in [0.1, 0.15) is 16.7 Å². The van der Waals surface area contributed by atoms with Crippen LogP contribution in [0.4, 0.5) is 4.39 Å². The molecule has 1 fully saturated rings. The van der Waals surface area contributed by atoms with Gasteiger partial charge in [-0.3, -0.25) is 9.69 Å². The summed E-state index contributed by atoms with van der Waals surface area (Å²) in [6.07, 6.45) is 1.85. The quantitative estimate of drug-likeness (QED) is 0.339. The zero-order valence-electron chi connectivity index (χ0n) is 17.9. The highest BCUT2D eigenvalue weighted by Gasteiger charge is 2.40. The molecule has 0 aromatic heterocycles. The largest absolute Gasteiger partial charge is 0.489 e. The average molecular weight is 494 g/mol. The molecular formula is C26H20FNO4S2. The van der Waals surface area contributed by atoms with Gasteiger partial charge < -0.3 is 9.84 Å². The third-order valence-corrected chi connectivity index (χ3v) is 6.52. The second kappa shape index (κ2) is 10.6. The minimum absolute atomic E-state index is 0.163. The van der Waals surface area contributed by atoms with Gasteiger partial charge in [-0.25, -0.2) is 9.18 Å². The van der Waals surface area contributed by atoms with E-state index in [1.807, 2.05) is 30.3 Å². The fourth-order valence-electron chi connectivity index (χ4n) is 3.43. The van der Waals surface area contributed by atoms with Crippen molar-refractivity contribution in [3.8, 4) is 5.75 Å². The van der Waals surface area contributed by atoms with Gasteiger partial charge in [-0.05, 0) is 47.0 Å². The van der Waals surface area contributed by atoms with E-state index in [2.05, 4.69) is 0 Å². The van der Waals surface area contributed by atoms with Crippen LogP contribution < -0.4 is 4.74 Å². The minimum atomic E-state index is -1.11. The van der Waals surface area contributed by atoms with E-state index in [0.29, 0.717) is 17.3 Å². The van der Waals surface area contributed by atoms with Crippen molar-refractivity contribution < 1.29 is 23.8 Å². The Morgan fingerprint density at radius 1 is 1.03 bits per heavy atom. The molecule has 8 heteroatoms. The number of thioether (sulfide) groups is 1. The molecule has 34 heavy (non-hydrogen) atoms. The summed E-state index contributed by atoms with van der Waals surface area (Å²) in [7, 11) is 0. The Labute approximate surface area is 205 Å². The normalized spacial score (nSPS) is 15.6. The van der Waals surface area contributed by atoms with E-state index in [-0.39, 0.29) is 16.6 Å². The summed E-state index contributed by atoms with van der Waals surface area (Å²) in [4.78, 5) is 26.5. The number of carbonyl (C=O) groups excluding carboxylic acids is 1. The molecule has 172 valence electrons. The lowest BCUT2D eigenvalue weighted by Crippen LogP contribution is -2.45. The van der Waals surface area contributed by atoms with E-state index in [0.717, 1.165) is 28.5 Å². The predicted octanol–water partition coefficient (Wildman–Crippen LogP) is 5.30. The van der Waals surface area contributed by atoms with Crippen molar-refractivity contribution in [3.05, 3.63) is 106 Å². The summed E-state index contributed by atoms with van der Waals surface area (Å²) in [5.74, 6) is -1.20. The molecule has 0 unspecified atom stereocenters. The summed E-state index contributed by atoms with van der Waals surface area (Å²) in [6.45, 7) is 0.302. The Morgan fingerprint density at radius 3 is 2.35 bits per heavy atom. The molecule has 5 nitrogen and oxygen atoms in total. The van der Waals surface area contributed by atoms with Gasteiger partial charge in [-0.1, -0.05) is 78.6 Å². The van der Waals surface area contributed by atoms with Gasteiger partial charge in [-0.2, -0.15) is 0 Å². The molecular weight excluding hydrogens is 473 g/mol. The summed E-state index contributed by atoms with van der Waals surface area (Å²) in [5.41, 5.74) is 2.41. The zero-order valence-corrected chi connectivity index (χ0v) is 19.5. The van der Waals surface area contributed by atoms with Crippen LogP contribution in [-0.2, 0) is 22.6 Å². The van der Waals surface area contributed by atoms with Crippen molar-refractivity contribution in [1.82, 2.24) is 4.90 Å². The van der Waals surface area contributed by atoms with Crippen molar-refractivity contribution in [3.63, 3.8) is 0 Å². The molecule has 3 aromatic rings. The van der Waals surface area contributed by atoms with E-state index >= 15 is 0 Å². The first-order valence-electron chi connectivity index (χ1n) is 10.4. The average Bonchev–Trinajstić information content (AvgIpc) is 3.11. The van der Waals surface area contributed by atoms with Crippen molar-refractivity contribution in [2.75, 3.05) is 0 Å². The number of carboxylic acids is 1. The smallest absolute Gasteiger partial charge is 0.327 e. The highest BCUT2D eigenvalue weighted by Crippen LogP contribution is 2.35. The number of thiocarbonyl (C=S) groups is 1. The maximum Gasteiger partial charge on any atom is 0.327 e. The van der Waals surface area contributed by atoms with Gasteiger partial charge in [0.15, 0.2) is 0 Å². The Morgan fingerprint density at radius 2 is 1.71 bits per heavy atom. The molecule has 0 spiro atoms. The molecule has 1 N–H and O–H groups in total. The Balaban J connectivity index is 1.44. The summed E-state index contributed by atoms with van der Waals surface area (Å²) < 4.78 is 18.9. The molecule has 1 aliphatic rings. The van der Waals surface area contributed by atoms with Crippen LogP contribution in [0.5, 0.6) is 5.75 Å². The van der Waals surface area contributed by atoms with Crippen LogP contribution in [0.2, 0.25) is 0 Å². The first kappa shape index (κ1) is 23.7. The van der Waals surface area contributed by atoms with E-state index in [1.165, 1.54) is 17.0 Å². The second-order valence-corrected chi connectivity index (χ2v) is 9.26. The van der Waals surface area contributed by atoms with Crippen LogP contribution >= 0.6 is 24.0 Å². The number of benzene rings is 3. The number of ether oxygens (including phenoxy) is 1. The van der Waals surface area contributed by atoms with Crippen molar-refractivity contribution >= 4 is 46.3 Å². The molecule has 3 aromatic carbocycles. The third kappa shape index (κ3) is 5.70. The minimum Gasteiger partial charge on any atom is -0.489 e. The van der Waals surface area contributed by atoms with Crippen LogP contribution in [0.3, 0.4) is 0 Å². The van der Waals surface area contributed by atoms with Crippen molar-refractivity contribution in [2.24, 2.45) is 0 Å². The number of rotatable bonds is 8. The molecule has 4 rings (SSSR count). The molecule has 1 aliphatic heterocycles. The van der Waals surface area contributed by atoms with Gasteiger partial charge in [0.05, 0.1) is 4.91 Å². The number of halogens is 1. The standard InChI is InChI=1S/C26H20FNO4S2/c27-20-10-6-19(7-11-20)16-32-21-12-8-18(9-13-21)15-23-24(29)28(26(33)34-23)22(25(30)31)14-17-4-2-1-3-5-17/h1-13,15,22H,14,16H2,(H,30,31)/b23-15+/t22-/m0/s1. The zero-order chi connectivity index (χ0) is 24.1. The SMILES string of the molecule is O=C(O)[C@H](Cc1ccccc1)N1C(=O)/C(=C\c2ccc(OCc3ccc(F)cc3)cc2)SC1=S. The lowest BCUT2D eigenvalue weighted by atomic mass is 10.0. The topological polar surface area (TPSA) is 66.8 Å². The van der Waals surface area contributed by atoms with E-state index in [4.69, 9.17) is 17.0 Å². The van der Waals surface area contributed by atoms with Gasteiger partial charge in [-0.15, -0.1) is 0 Å². The molecule has 1 atom stereocenters. The third-order valence-electron chi connectivity index (χ3n) is 5.19. The number of carbonyl (C=O) groups is 2. The first-order chi connectivity index (χ1) is 16.4. The molecule has 0 bridgehead atoms. The van der Waals surface area contributed by atoms with Gasteiger partial charge >= 0.3 is 5.97 Å². The maximum absolute atomic E-state index is 13.0. The van der Waals surface area contributed by atoms with Crippen LogP contribution in [0, 0.1) is 5.82 Å². The first-order valence-corrected chi connectivity index (χ1v) is 11.6. The van der Waals surface area contributed by atoms with Crippen molar-refractivity contribution in [1.29, 1.82) is 0 Å². The molecule has 0 saturated carbocycles. The van der Waals surface area contributed by atoms with Gasteiger partial charge in [0.1, 0.15) is 28.5 Å². The summed E-state index contributed by atoms with van der Waals surface area (Å²) in [6, 6.07) is 21.3. The Hall–Kier alpha value is -3.49. The Kier molecular flexibility index (Phi) is 7.40. The fourth-order valence-corrected chi connectivity index (χ4v) is 4.79. The van der Waals surface area contributed by atoms with Gasteiger partial charge in [0, 0.05) is 6.42 Å². The maximum atomic E-state index is 13.0. The second-order valence-electron chi connectivity index (χ2n) is 7.58. The molecule has 1 amide bonds. The fraction of sp³-hybridized carbons (Fsp3) is 0.115. The predicted molar refractivity (Wildman–Crippen MR) is 134 cm³/mol. The number of amides is 1. The van der Waals surface area contributed by atoms with Crippen LogP contribution in [0.25, 0.3) is 6.08 Å². The molecule has 0 radical (unpaired) electrons. The molecule has 1 heterocycles. The highest BCUT2D eigenvalue weighted by molar-refractivity contribution is 8.26. The van der Waals surface area contributed by atoms with Gasteiger partial charge in [0.25, 0.3) is 5.91 Å². The lowest BCUT2D eigenvalue weighted by Gasteiger charge is -2.23. The molecule has 1 saturated heterocycles. The number of hydrogen-bond acceptors (Lipinski definition) is 5. The van der Waals surface area contributed by atoms with Crippen LogP contribution in [-0.4, -0.2) is 32.2 Å². The van der Waals surface area contributed by atoms with Gasteiger partial charge in [0.2, 0.25) is 0 Å². The number of nitrogens with zero attached hydrogens (tertiary/aromatic N) is 1. The number of hydrogen-bond donors (Lipinski definition) is 1. The van der Waals surface area contributed by atoms with Crippen molar-refractivity contribution in [2.45, 2.75) is 19.1 Å². The highest BCUT2D eigenvalue weighted by atomic mass is 32.2. The monoisotopic (exact) mass is 493 g/mol. The Bertz CT molecular complexity index is 1230. The number of carboxylic acid groups (broad SMARTS) is 1. The lowest BCUT2D eigenvalue weighted by molar-refractivity contribution is -0.145.